The van der Waals surface area contributed by atoms with E-state index in [-0.39, 0.29) is 5.91 Å². The number of likely N-dealkylation sites (tertiary alicyclic amines) is 1. The molecule has 3 heteroatoms. The Morgan fingerprint density at radius 2 is 2.29 bits per heavy atom. The van der Waals surface area contributed by atoms with Crippen molar-refractivity contribution in [2.75, 3.05) is 33.7 Å². The number of rotatable bonds is 3. The van der Waals surface area contributed by atoms with Gasteiger partial charge in [-0.1, -0.05) is 13.0 Å². The monoisotopic (exact) mass is 196 g/mol. The first-order valence-electron chi connectivity index (χ1n) is 5.19. The van der Waals surface area contributed by atoms with Crippen LogP contribution in [0.3, 0.4) is 0 Å². The molecule has 0 aliphatic carbocycles. The topological polar surface area (TPSA) is 23.6 Å². The first kappa shape index (κ1) is 11.2. The molecule has 0 aromatic carbocycles. The molecule has 0 aromatic heterocycles. The maximum atomic E-state index is 11.6. The Balaban J connectivity index is 2.31. The molecule has 1 heterocycles. The maximum Gasteiger partial charge on any atom is 0.246 e. The highest BCUT2D eigenvalue weighted by atomic mass is 16.2. The van der Waals surface area contributed by atoms with Crippen molar-refractivity contribution < 1.29 is 4.79 Å². The SMILES string of the molecule is CC1CCN(C(=O)/C=C/CN(C)C)C1. The number of nitrogens with zero attached hydrogens (tertiary/aromatic N) is 2. The molecule has 1 fully saturated rings. The van der Waals surface area contributed by atoms with E-state index in [1.807, 2.05) is 30.0 Å². The summed E-state index contributed by atoms with van der Waals surface area (Å²) in [6, 6.07) is 0. The van der Waals surface area contributed by atoms with Gasteiger partial charge in [-0.25, -0.2) is 0 Å². The molecule has 0 saturated carbocycles. The van der Waals surface area contributed by atoms with Gasteiger partial charge < -0.3 is 9.80 Å². The number of carbonyl (C=O) groups excluding carboxylic acids is 1. The summed E-state index contributed by atoms with van der Waals surface area (Å²) in [5, 5.41) is 0. The van der Waals surface area contributed by atoms with Crippen LogP contribution in [0.5, 0.6) is 0 Å². The van der Waals surface area contributed by atoms with Crippen LogP contribution in [0, 0.1) is 5.92 Å². The third kappa shape index (κ3) is 3.50. The van der Waals surface area contributed by atoms with Gasteiger partial charge in [-0.15, -0.1) is 0 Å². The number of amides is 1. The summed E-state index contributed by atoms with van der Waals surface area (Å²) in [4.78, 5) is 15.6. The van der Waals surface area contributed by atoms with Gasteiger partial charge in [0.05, 0.1) is 0 Å². The molecule has 0 N–H and O–H groups in total. The van der Waals surface area contributed by atoms with E-state index in [9.17, 15) is 4.79 Å². The van der Waals surface area contributed by atoms with Gasteiger partial charge >= 0.3 is 0 Å². The largest absolute Gasteiger partial charge is 0.339 e. The van der Waals surface area contributed by atoms with Gasteiger partial charge in [0, 0.05) is 25.7 Å². The highest BCUT2D eigenvalue weighted by Gasteiger charge is 2.21. The van der Waals surface area contributed by atoms with Crippen molar-refractivity contribution in [2.24, 2.45) is 5.92 Å². The van der Waals surface area contributed by atoms with Crippen molar-refractivity contribution in [3.8, 4) is 0 Å². The second kappa shape index (κ2) is 5.15. The van der Waals surface area contributed by atoms with Crippen LogP contribution in [0.4, 0.5) is 0 Å². The summed E-state index contributed by atoms with van der Waals surface area (Å²) in [5.41, 5.74) is 0. The number of carbonyl (C=O) groups is 1. The minimum Gasteiger partial charge on any atom is -0.339 e. The fraction of sp³-hybridized carbons (Fsp3) is 0.727. The molecule has 1 rings (SSSR count). The number of likely N-dealkylation sites (N-methyl/N-ethyl adjacent to an activating group) is 1. The quantitative estimate of drug-likeness (QED) is 0.628. The predicted octanol–water partition coefficient (Wildman–Crippen LogP) is 0.973. The van der Waals surface area contributed by atoms with Gasteiger partial charge in [0.2, 0.25) is 5.91 Å². The van der Waals surface area contributed by atoms with E-state index in [1.54, 1.807) is 6.08 Å². The zero-order valence-electron chi connectivity index (χ0n) is 9.36. The minimum atomic E-state index is 0.163. The van der Waals surface area contributed by atoms with E-state index in [4.69, 9.17) is 0 Å². The summed E-state index contributed by atoms with van der Waals surface area (Å²) in [6.07, 6.45) is 4.76. The molecule has 0 bridgehead atoms. The van der Waals surface area contributed by atoms with Gasteiger partial charge in [0.1, 0.15) is 0 Å². The average Bonchev–Trinajstić information content (AvgIpc) is 2.51. The Hall–Kier alpha value is -0.830. The molecular formula is C11H20N2O. The Kier molecular flexibility index (Phi) is 4.14. The van der Waals surface area contributed by atoms with Gasteiger partial charge in [0.15, 0.2) is 0 Å². The molecule has 14 heavy (non-hydrogen) atoms. The minimum absolute atomic E-state index is 0.163. The Morgan fingerprint density at radius 1 is 1.57 bits per heavy atom. The lowest BCUT2D eigenvalue weighted by molar-refractivity contribution is -0.125. The van der Waals surface area contributed by atoms with Crippen molar-refractivity contribution in [1.29, 1.82) is 0 Å². The van der Waals surface area contributed by atoms with E-state index < -0.39 is 0 Å². The molecule has 0 spiro atoms. The molecular weight excluding hydrogens is 176 g/mol. The fourth-order valence-electron chi connectivity index (χ4n) is 1.60. The standard InChI is InChI=1S/C11H20N2O/c1-10-6-8-13(9-10)11(14)5-4-7-12(2)3/h4-5,10H,6-9H2,1-3H3/b5-4+. The third-order valence-corrected chi connectivity index (χ3v) is 2.47. The fourth-order valence-corrected chi connectivity index (χ4v) is 1.60. The van der Waals surface area contributed by atoms with Crippen molar-refractivity contribution in [3.05, 3.63) is 12.2 Å². The highest BCUT2D eigenvalue weighted by molar-refractivity contribution is 5.87. The summed E-state index contributed by atoms with van der Waals surface area (Å²) in [6.45, 7) is 4.86. The predicted molar refractivity (Wildman–Crippen MR) is 58.1 cm³/mol. The first-order chi connectivity index (χ1) is 6.59. The van der Waals surface area contributed by atoms with Gasteiger partial charge in [-0.2, -0.15) is 0 Å². The molecule has 1 amide bonds. The lowest BCUT2D eigenvalue weighted by Gasteiger charge is -2.13. The first-order valence-corrected chi connectivity index (χ1v) is 5.19. The van der Waals surface area contributed by atoms with Crippen LogP contribution in [0.2, 0.25) is 0 Å². The second-order valence-electron chi connectivity index (χ2n) is 4.34. The molecule has 1 aliphatic heterocycles. The lowest BCUT2D eigenvalue weighted by Crippen LogP contribution is -2.26. The lowest BCUT2D eigenvalue weighted by atomic mass is 10.2. The van der Waals surface area contributed by atoms with Crippen molar-refractivity contribution in [3.63, 3.8) is 0 Å². The number of hydrogen-bond donors (Lipinski definition) is 0. The molecule has 80 valence electrons. The van der Waals surface area contributed by atoms with E-state index in [2.05, 4.69) is 6.92 Å². The molecule has 3 nitrogen and oxygen atoms in total. The zero-order chi connectivity index (χ0) is 10.6. The van der Waals surface area contributed by atoms with Crippen LogP contribution < -0.4 is 0 Å². The summed E-state index contributed by atoms with van der Waals surface area (Å²) < 4.78 is 0. The van der Waals surface area contributed by atoms with E-state index >= 15 is 0 Å². The average molecular weight is 196 g/mol. The molecule has 1 unspecified atom stereocenters. The maximum absolute atomic E-state index is 11.6. The van der Waals surface area contributed by atoms with Crippen LogP contribution in [0.1, 0.15) is 13.3 Å². The second-order valence-corrected chi connectivity index (χ2v) is 4.34. The Morgan fingerprint density at radius 3 is 2.79 bits per heavy atom. The Labute approximate surface area is 86.4 Å². The smallest absolute Gasteiger partial charge is 0.246 e. The molecule has 0 radical (unpaired) electrons. The molecule has 1 atom stereocenters. The highest BCUT2D eigenvalue weighted by Crippen LogP contribution is 2.14. The Bertz CT molecular complexity index is 223. The molecule has 0 aromatic rings. The van der Waals surface area contributed by atoms with Crippen LogP contribution in [-0.4, -0.2) is 49.4 Å². The zero-order valence-corrected chi connectivity index (χ0v) is 9.36. The summed E-state index contributed by atoms with van der Waals surface area (Å²) in [5.74, 6) is 0.831. The normalized spacial score (nSPS) is 22.6. The van der Waals surface area contributed by atoms with Gasteiger partial charge in [-0.3, -0.25) is 4.79 Å². The molecule has 1 saturated heterocycles. The van der Waals surface area contributed by atoms with Crippen molar-refractivity contribution >= 4 is 5.91 Å². The van der Waals surface area contributed by atoms with Crippen molar-refractivity contribution in [1.82, 2.24) is 9.80 Å². The van der Waals surface area contributed by atoms with Gasteiger partial charge in [-0.05, 0) is 26.4 Å². The van der Waals surface area contributed by atoms with E-state index in [0.29, 0.717) is 5.92 Å². The number of hydrogen-bond acceptors (Lipinski definition) is 2. The van der Waals surface area contributed by atoms with Crippen LogP contribution >= 0.6 is 0 Å². The van der Waals surface area contributed by atoms with Crippen LogP contribution in [0.25, 0.3) is 0 Å². The van der Waals surface area contributed by atoms with Gasteiger partial charge in [0.25, 0.3) is 0 Å². The van der Waals surface area contributed by atoms with Crippen LogP contribution in [0.15, 0.2) is 12.2 Å². The summed E-state index contributed by atoms with van der Waals surface area (Å²) >= 11 is 0. The van der Waals surface area contributed by atoms with E-state index in [0.717, 1.165) is 26.1 Å². The third-order valence-electron chi connectivity index (χ3n) is 2.47. The van der Waals surface area contributed by atoms with Crippen LogP contribution in [-0.2, 0) is 4.79 Å². The molecule has 1 aliphatic rings. The summed E-state index contributed by atoms with van der Waals surface area (Å²) in [7, 11) is 3.99. The van der Waals surface area contributed by atoms with E-state index in [1.165, 1.54) is 0 Å². The van der Waals surface area contributed by atoms with Crippen molar-refractivity contribution in [2.45, 2.75) is 13.3 Å².